The summed E-state index contributed by atoms with van der Waals surface area (Å²) in [6.45, 7) is 10.3. The Morgan fingerprint density at radius 3 is 2.14 bits per heavy atom. The number of halogens is 1. The van der Waals surface area contributed by atoms with Gasteiger partial charge in [-0.25, -0.2) is 4.79 Å². The fourth-order valence-electron chi connectivity index (χ4n) is 1.59. The Bertz CT molecular complexity index is 540. The molecule has 0 saturated heterocycles. The van der Waals surface area contributed by atoms with Gasteiger partial charge < -0.3 is 9.47 Å². The van der Waals surface area contributed by atoms with Gasteiger partial charge in [0.2, 0.25) is 0 Å². The molecule has 0 radical (unpaired) electrons. The molecule has 1 aromatic rings. The molecule has 0 amide bonds. The number of rotatable bonds is 4. The van der Waals surface area contributed by atoms with Crippen molar-refractivity contribution in [2.45, 2.75) is 39.4 Å². The zero-order chi connectivity index (χ0) is 16.2. The molecular weight excluding hydrogens is 336 g/mol. The van der Waals surface area contributed by atoms with Crippen LogP contribution in [0, 0.1) is 0 Å². The number of hydrogen-bond acceptors (Lipinski definition) is 4. The molecule has 0 N–H and O–H groups in total. The van der Waals surface area contributed by atoms with Crippen molar-refractivity contribution >= 4 is 27.9 Å². The molecule has 0 aliphatic heterocycles. The van der Waals surface area contributed by atoms with E-state index in [1.165, 1.54) is 6.92 Å². The van der Waals surface area contributed by atoms with Crippen molar-refractivity contribution in [3.05, 3.63) is 46.5 Å². The molecule has 1 aromatic carbocycles. The van der Waals surface area contributed by atoms with E-state index in [2.05, 4.69) is 22.5 Å². The van der Waals surface area contributed by atoms with E-state index >= 15 is 0 Å². The molecule has 0 aliphatic carbocycles. The topological polar surface area (TPSA) is 52.6 Å². The zero-order valence-corrected chi connectivity index (χ0v) is 14.2. The molecule has 4 nitrogen and oxygen atoms in total. The van der Waals surface area contributed by atoms with Crippen LogP contribution < -0.4 is 0 Å². The first-order valence-electron chi connectivity index (χ1n) is 6.45. The first-order chi connectivity index (χ1) is 9.60. The number of benzene rings is 1. The van der Waals surface area contributed by atoms with Crippen molar-refractivity contribution in [1.82, 2.24) is 0 Å². The fourth-order valence-corrected chi connectivity index (χ4v) is 1.86. The molecule has 0 saturated carbocycles. The summed E-state index contributed by atoms with van der Waals surface area (Å²) in [4.78, 5) is 23.4. The minimum Gasteiger partial charge on any atom is -0.457 e. The lowest BCUT2D eigenvalue weighted by Crippen LogP contribution is -2.27. The van der Waals surface area contributed by atoms with E-state index in [0.29, 0.717) is 5.56 Å². The predicted octanol–water partition coefficient (Wildman–Crippen LogP) is 3.95. The molecule has 1 unspecified atom stereocenters. The van der Waals surface area contributed by atoms with Gasteiger partial charge in [-0.15, -0.1) is 0 Å². The lowest BCUT2D eigenvalue weighted by Gasteiger charge is -2.24. The Morgan fingerprint density at radius 1 is 1.19 bits per heavy atom. The van der Waals surface area contributed by atoms with E-state index in [1.807, 2.05) is 0 Å². The summed E-state index contributed by atoms with van der Waals surface area (Å²) >= 11 is 3.33. The van der Waals surface area contributed by atoms with Crippen LogP contribution in [0.25, 0.3) is 0 Å². The van der Waals surface area contributed by atoms with Crippen LogP contribution in [0.4, 0.5) is 0 Å². The predicted molar refractivity (Wildman–Crippen MR) is 83.6 cm³/mol. The molecule has 0 aliphatic rings. The van der Waals surface area contributed by atoms with Gasteiger partial charge in [0.25, 0.3) is 0 Å². The minimum absolute atomic E-state index is 0.0856. The fraction of sp³-hybridized carbons (Fsp3) is 0.375. The van der Waals surface area contributed by atoms with Crippen molar-refractivity contribution in [3.8, 4) is 0 Å². The van der Waals surface area contributed by atoms with Gasteiger partial charge in [-0.05, 0) is 38.5 Å². The molecule has 0 bridgehead atoms. The first kappa shape index (κ1) is 17.4. The maximum Gasteiger partial charge on any atom is 0.338 e. The third-order valence-corrected chi connectivity index (χ3v) is 2.96. The second-order valence-electron chi connectivity index (χ2n) is 5.57. The van der Waals surface area contributed by atoms with Crippen LogP contribution in [0.15, 0.2) is 40.9 Å². The highest BCUT2D eigenvalue weighted by Crippen LogP contribution is 2.28. The molecule has 1 rings (SSSR count). The van der Waals surface area contributed by atoms with Crippen LogP contribution in [0.5, 0.6) is 0 Å². The van der Waals surface area contributed by atoms with Gasteiger partial charge in [-0.2, -0.15) is 0 Å². The Balaban J connectivity index is 3.02. The Labute approximate surface area is 133 Å². The van der Waals surface area contributed by atoms with Gasteiger partial charge in [0.15, 0.2) is 6.10 Å². The highest BCUT2D eigenvalue weighted by Gasteiger charge is 2.27. The highest BCUT2D eigenvalue weighted by atomic mass is 79.9. The normalized spacial score (nSPS) is 12.4. The monoisotopic (exact) mass is 354 g/mol. The Hall–Kier alpha value is -1.62. The minimum atomic E-state index is -0.856. The smallest absolute Gasteiger partial charge is 0.338 e. The Kier molecular flexibility index (Phi) is 5.72. The van der Waals surface area contributed by atoms with Gasteiger partial charge in [0, 0.05) is 11.4 Å². The van der Waals surface area contributed by atoms with Crippen LogP contribution in [0.2, 0.25) is 0 Å². The lowest BCUT2D eigenvalue weighted by molar-refractivity contribution is -0.153. The molecule has 0 heterocycles. The molecular formula is C16H19BrO4. The van der Waals surface area contributed by atoms with Gasteiger partial charge >= 0.3 is 11.9 Å². The molecule has 5 heteroatoms. The molecule has 114 valence electrons. The summed E-state index contributed by atoms with van der Waals surface area (Å²) in [7, 11) is 0. The van der Waals surface area contributed by atoms with E-state index in [0.717, 1.165) is 4.47 Å². The molecule has 0 spiro atoms. The van der Waals surface area contributed by atoms with Gasteiger partial charge in [-0.1, -0.05) is 34.6 Å². The molecule has 21 heavy (non-hydrogen) atoms. The molecule has 0 fully saturated rings. The van der Waals surface area contributed by atoms with Crippen molar-refractivity contribution in [2.75, 3.05) is 0 Å². The number of hydrogen-bond donors (Lipinski definition) is 0. The number of carbonyl (C=O) groups excluding carboxylic acids is 2. The Morgan fingerprint density at radius 2 is 1.71 bits per heavy atom. The SMILES string of the molecule is C=C(C(=O)OC(C)(C)C)C(OC(C)=O)c1ccc(Br)cc1. The summed E-state index contributed by atoms with van der Waals surface area (Å²) in [5.74, 6) is -1.08. The average molecular weight is 355 g/mol. The average Bonchev–Trinajstić information content (AvgIpc) is 2.34. The van der Waals surface area contributed by atoms with E-state index in [1.54, 1.807) is 45.0 Å². The van der Waals surface area contributed by atoms with E-state index < -0.39 is 23.6 Å². The maximum atomic E-state index is 12.1. The van der Waals surface area contributed by atoms with E-state index in [9.17, 15) is 9.59 Å². The van der Waals surface area contributed by atoms with Crippen LogP contribution in [0.3, 0.4) is 0 Å². The highest BCUT2D eigenvalue weighted by molar-refractivity contribution is 9.10. The summed E-state index contributed by atoms with van der Waals surface area (Å²) in [5.41, 5.74) is 0.104. The lowest BCUT2D eigenvalue weighted by atomic mass is 10.0. The third-order valence-electron chi connectivity index (χ3n) is 2.43. The van der Waals surface area contributed by atoms with Gasteiger partial charge in [0.1, 0.15) is 5.60 Å². The van der Waals surface area contributed by atoms with Crippen molar-refractivity contribution in [2.24, 2.45) is 0 Å². The largest absolute Gasteiger partial charge is 0.457 e. The van der Waals surface area contributed by atoms with E-state index in [-0.39, 0.29) is 5.57 Å². The maximum absolute atomic E-state index is 12.1. The van der Waals surface area contributed by atoms with Gasteiger partial charge in [0.05, 0.1) is 5.57 Å². The molecule has 0 aromatic heterocycles. The van der Waals surface area contributed by atoms with Crippen molar-refractivity contribution in [3.63, 3.8) is 0 Å². The van der Waals surface area contributed by atoms with Crippen LogP contribution in [-0.4, -0.2) is 17.5 Å². The third kappa shape index (κ3) is 5.71. The van der Waals surface area contributed by atoms with Crippen molar-refractivity contribution in [1.29, 1.82) is 0 Å². The van der Waals surface area contributed by atoms with Gasteiger partial charge in [-0.3, -0.25) is 4.79 Å². The molecule has 1 atom stereocenters. The second-order valence-corrected chi connectivity index (χ2v) is 6.48. The zero-order valence-electron chi connectivity index (χ0n) is 12.6. The van der Waals surface area contributed by atoms with E-state index in [4.69, 9.17) is 9.47 Å². The number of ether oxygens (including phenoxy) is 2. The van der Waals surface area contributed by atoms with Crippen LogP contribution >= 0.6 is 15.9 Å². The second kappa shape index (κ2) is 6.89. The summed E-state index contributed by atoms with van der Waals surface area (Å²) in [5, 5.41) is 0. The van der Waals surface area contributed by atoms with Crippen molar-refractivity contribution < 1.29 is 19.1 Å². The first-order valence-corrected chi connectivity index (χ1v) is 7.24. The summed E-state index contributed by atoms with van der Waals surface area (Å²) in [6.07, 6.45) is -0.856. The standard InChI is InChI=1S/C16H19BrO4/c1-10(15(19)21-16(3,4)5)14(20-11(2)18)12-6-8-13(17)9-7-12/h6-9,14H,1H2,2-5H3. The van der Waals surface area contributed by atoms with Crippen LogP contribution in [-0.2, 0) is 19.1 Å². The quantitative estimate of drug-likeness (QED) is 0.606. The summed E-state index contributed by atoms with van der Waals surface area (Å²) < 4.78 is 11.4. The summed E-state index contributed by atoms with van der Waals surface area (Å²) in [6, 6.07) is 7.11. The number of esters is 2. The number of carbonyl (C=O) groups is 2. The van der Waals surface area contributed by atoms with Crippen LogP contribution in [0.1, 0.15) is 39.4 Å².